The maximum atomic E-state index is 13.3. The van der Waals surface area contributed by atoms with Crippen molar-refractivity contribution in [3.63, 3.8) is 0 Å². The largest absolute Gasteiger partial charge is 0.313 e. The van der Waals surface area contributed by atoms with Crippen molar-refractivity contribution in [3.8, 4) is 0 Å². The number of hydrogen-bond donors (Lipinski definition) is 1. The van der Waals surface area contributed by atoms with E-state index in [0.717, 1.165) is 42.0 Å². The van der Waals surface area contributed by atoms with Gasteiger partial charge < -0.3 is 5.32 Å². The lowest BCUT2D eigenvalue weighted by Gasteiger charge is -2.19. The van der Waals surface area contributed by atoms with Crippen LogP contribution in [0.2, 0.25) is 5.02 Å². The minimum absolute atomic E-state index is 0.181. The normalized spacial score (nSPS) is 12.3. The highest BCUT2D eigenvalue weighted by Crippen LogP contribution is 2.18. The molecule has 0 spiro atoms. The van der Waals surface area contributed by atoms with E-state index in [1.54, 1.807) is 12.1 Å². The Morgan fingerprint density at radius 2 is 1.90 bits per heavy atom. The van der Waals surface area contributed by atoms with Crippen LogP contribution in [0.4, 0.5) is 4.39 Å². The maximum Gasteiger partial charge on any atom is 0.123 e. The fraction of sp³-hybridized carbons (Fsp3) is 0.333. The molecule has 0 aromatic heterocycles. The van der Waals surface area contributed by atoms with Crippen molar-refractivity contribution >= 4 is 11.6 Å². The van der Waals surface area contributed by atoms with Gasteiger partial charge in [-0.15, -0.1) is 0 Å². The van der Waals surface area contributed by atoms with Gasteiger partial charge in [0, 0.05) is 11.1 Å². The molecule has 21 heavy (non-hydrogen) atoms. The lowest BCUT2D eigenvalue weighted by Crippen LogP contribution is -2.34. The number of benzene rings is 2. The third-order valence-corrected chi connectivity index (χ3v) is 3.85. The smallest absolute Gasteiger partial charge is 0.123 e. The van der Waals surface area contributed by atoms with E-state index in [0.29, 0.717) is 0 Å². The third kappa shape index (κ3) is 5.14. The summed E-state index contributed by atoms with van der Waals surface area (Å²) in [6.45, 7) is 3.09. The summed E-state index contributed by atoms with van der Waals surface area (Å²) in [7, 11) is 0. The molecular weight excluding hydrogens is 285 g/mol. The Labute approximate surface area is 131 Å². The van der Waals surface area contributed by atoms with Gasteiger partial charge in [0.2, 0.25) is 0 Å². The van der Waals surface area contributed by atoms with Crippen LogP contribution in [0.3, 0.4) is 0 Å². The van der Waals surface area contributed by atoms with E-state index >= 15 is 0 Å². The van der Waals surface area contributed by atoms with Gasteiger partial charge in [-0.2, -0.15) is 0 Å². The van der Waals surface area contributed by atoms with Crippen molar-refractivity contribution in [2.45, 2.75) is 32.2 Å². The highest BCUT2D eigenvalue weighted by atomic mass is 35.5. The molecular formula is C18H21ClFN. The van der Waals surface area contributed by atoms with E-state index < -0.39 is 0 Å². The van der Waals surface area contributed by atoms with Crippen LogP contribution in [0.1, 0.15) is 24.5 Å². The second-order valence-corrected chi connectivity index (χ2v) is 5.69. The van der Waals surface area contributed by atoms with Gasteiger partial charge in [-0.25, -0.2) is 4.39 Å². The van der Waals surface area contributed by atoms with E-state index in [9.17, 15) is 4.39 Å². The van der Waals surface area contributed by atoms with Crippen LogP contribution >= 0.6 is 11.6 Å². The zero-order valence-electron chi connectivity index (χ0n) is 12.3. The van der Waals surface area contributed by atoms with Crippen molar-refractivity contribution in [3.05, 3.63) is 70.5 Å². The molecule has 2 rings (SSSR count). The van der Waals surface area contributed by atoms with Crippen molar-refractivity contribution in [1.82, 2.24) is 5.32 Å². The Morgan fingerprint density at radius 1 is 1.10 bits per heavy atom. The molecule has 0 saturated carbocycles. The first-order valence-electron chi connectivity index (χ1n) is 7.40. The van der Waals surface area contributed by atoms with Crippen LogP contribution in [0.15, 0.2) is 48.5 Å². The number of nitrogens with one attached hydrogen (secondary N) is 1. The van der Waals surface area contributed by atoms with E-state index in [1.165, 1.54) is 6.07 Å². The molecule has 3 heteroatoms. The van der Waals surface area contributed by atoms with Gasteiger partial charge in [-0.1, -0.05) is 48.9 Å². The van der Waals surface area contributed by atoms with Gasteiger partial charge in [-0.3, -0.25) is 0 Å². The van der Waals surface area contributed by atoms with Crippen LogP contribution in [0, 0.1) is 5.82 Å². The van der Waals surface area contributed by atoms with E-state index in [1.807, 2.05) is 24.3 Å². The molecule has 0 radical (unpaired) electrons. The van der Waals surface area contributed by atoms with Crippen molar-refractivity contribution in [2.75, 3.05) is 6.54 Å². The molecule has 0 aliphatic heterocycles. The van der Waals surface area contributed by atoms with Crippen LogP contribution in [0.25, 0.3) is 0 Å². The van der Waals surface area contributed by atoms with Crippen LogP contribution in [-0.4, -0.2) is 12.6 Å². The van der Waals surface area contributed by atoms with E-state index in [4.69, 9.17) is 11.6 Å². The average molecular weight is 306 g/mol. The van der Waals surface area contributed by atoms with Gasteiger partial charge in [0.25, 0.3) is 0 Å². The summed E-state index contributed by atoms with van der Waals surface area (Å²) in [6.07, 6.45) is 2.71. The Hall–Kier alpha value is -1.38. The number of hydrogen-bond acceptors (Lipinski definition) is 1. The lowest BCUT2D eigenvalue weighted by molar-refractivity contribution is 0.503. The highest BCUT2D eigenvalue weighted by Gasteiger charge is 2.12. The molecule has 0 fully saturated rings. The zero-order valence-corrected chi connectivity index (χ0v) is 13.0. The molecule has 1 unspecified atom stereocenters. The fourth-order valence-corrected chi connectivity index (χ4v) is 2.66. The molecule has 0 aliphatic rings. The Bertz CT molecular complexity index is 571. The Balaban J connectivity index is 2.09. The van der Waals surface area contributed by atoms with Crippen molar-refractivity contribution in [1.29, 1.82) is 0 Å². The van der Waals surface area contributed by atoms with Crippen LogP contribution < -0.4 is 5.32 Å². The predicted octanol–water partition coefficient (Wildman–Crippen LogP) is 4.63. The molecule has 0 heterocycles. The third-order valence-electron chi connectivity index (χ3n) is 3.48. The molecule has 1 nitrogen and oxygen atoms in total. The van der Waals surface area contributed by atoms with Gasteiger partial charge in [0.1, 0.15) is 5.82 Å². The average Bonchev–Trinajstić information content (AvgIpc) is 2.47. The van der Waals surface area contributed by atoms with Gasteiger partial charge in [-0.05, 0) is 55.1 Å². The predicted molar refractivity (Wildman–Crippen MR) is 87.3 cm³/mol. The topological polar surface area (TPSA) is 12.0 Å². The molecule has 0 amide bonds. The molecule has 0 bridgehead atoms. The van der Waals surface area contributed by atoms with Crippen molar-refractivity contribution in [2.24, 2.45) is 0 Å². The second-order valence-electron chi connectivity index (χ2n) is 5.28. The zero-order chi connectivity index (χ0) is 15.1. The maximum absolute atomic E-state index is 13.3. The lowest BCUT2D eigenvalue weighted by atomic mass is 9.98. The first-order valence-corrected chi connectivity index (χ1v) is 7.78. The number of rotatable bonds is 7. The molecule has 0 saturated heterocycles. The summed E-state index contributed by atoms with van der Waals surface area (Å²) in [6, 6.07) is 15.0. The summed E-state index contributed by atoms with van der Waals surface area (Å²) < 4.78 is 13.3. The summed E-state index contributed by atoms with van der Waals surface area (Å²) in [5.41, 5.74) is 2.14. The minimum atomic E-state index is -0.181. The van der Waals surface area contributed by atoms with Crippen LogP contribution in [-0.2, 0) is 12.8 Å². The van der Waals surface area contributed by atoms with Crippen LogP contribution in [0.5, 0.6) is 0 Å². The summed E-state index contributed by atoms with van der Waals surface area (Å²) in [4.78, 5) is 0. The molecule has 1 atom stereocenters. The molecule has 2 aromatic rings. The Morgan fingerprint density at radius 3 is 2.62 bits per heavy atom. The molecule has 2 aromatic carbocycles. The fourth-order valence-electron chi connectivity index (χ4n) is 2.44. The van der Waals surface area contributed by atoms with Gasteiger partial charge in [0.05, 0.1) is 0 Å². The highest BCUT2D eigenvalue weighted by molar-refractivity contribution is 6.31. The monoisotopic (exact) mass is 305 g/mol. The van der Waals surface area contributed by atoms with E-state index in [2.05, 4.69) is 18.3 Å². The van der Waals surface area contributed by atoms with Gasteiger partial charge in [0.15, 0.2) is 0 Å². The minimum Gasteiger partial charge on any atom is -0.313 e. The Kier molecular flexibility index (Phi) is 6.21. The quantitative estimate of drug-likeness (QED) is 0.786. The summed E-state index contributed by atoms with van der Waals surface area (Å²) in [5, 5.41) is 4.32. The first-order chi connectivity index (χ1) is 10.2. The molecule has 0 aliphatic carbocycles. The SMILES string of the molecule is CCCNC(Cc1cccc(F)c1)Cc1ccccc1Cl. The number of halogens is 2. The van der Waals surface area contributed by atoms with Gasteiger partial charge >= 0.3 is 0 Å². The standard InChI is InChI=1S/C18H21ClFN/c1-2-10-21-17(12-14-6-5-8-16(20)11-14)13-15-7-3-4-9-18(15)19/h3-9,11,17,21H,2,10,12-13H2,1H3. The molecule has 112 valence electrons. The second kappa shape index (κ2) is 8.16. The first kappa shape index (κ1) is 16.0. The molecule has 1 N–H and O–H groups in total. The van der Waals surface area contributed by atoms with Crippen molar-refractivity contribution < 1.29 is 4.39 Å². The summed E-state index contributed by atoms with van der Waals surface area (Å²) in [5.74, 6) is -0.181. The van der Waals surface area contributed by atoms with E-state index in [-0.39, 0.29) is 11.9 Å². The summed E-state index contributed by atoms with van der Waals surface area (Å²) >= 11 is 6.24.